The van der Waals surface area contributed by atoms with Crippen LogP contribution in [0.4, 0.5) is 0 Å². The maximum absolute atomic E-state index is 9.21. The molecule has 16 heavy (non-hydrogen) atoms. The summed E-state index contributed by atoms with van der Waals surface area (Å²) in [7, 11) is 2.19. The Morgan fingerprint density at radius 2 is 1.81 bits per heavy atom. The Balaban J connectivity index is 2.05. The Hall–Kier alpha value is -0.120. The third kappa shape index (κ3) is 5.28. The van der Waals surface area contributed by atoms with Crippen molar-refractivity contribution in [3.63, 3.8) is 0 Å². The van der Waals surface area contributed by atoms with Crippen molar-refractivity contribution in [1.82, 2.24) is 9.80 Å². The molecule has 1 atom stereocenters. The lowest BCUT2D eigenvalue weighted by Gasteiger charge is -2.32. The first-order valence-electron chi connectivity index (χ1n) is 6.78. The predicted octanol–water partition coefficient (Wildman–Crippen LogP) is 1.42. The number of hydrogen-bond donors (Lipinski definition) is 1. The van der Waals surface area contributed by atoms with Gasteiger partial charge in [0.25, 0.3) is 0 Å². The highest BCUT2D eigenvalue weighted by atomic mass is 16.3. The van der Waals surface area contributed by atoms with E-state index in [0.717, 1.165) is 0 Å². The van der Waals surface area contributed by atoms with Gasteiger partial charge in [0.2, 0.25) is 0 Å². The monoisotopic (exact) mass is 228 g/mol. The third-order valence-corrected chi connectivity index (χ3v) is 3.64. The summed E-state index contributed by atoms with van der Waals surface area (Å²) in [6, 6.07) is 0. The molecule has 1 N–H and O–H groups in total. The molecule has 0 aromatic carbocycles. The minimum Gasteiger partial charge on any atom is -0.396 e. The smallest absolute Gasteiger partial charge is 0.0459 e. The van der Waals surface area contributed by atoms with Gasteiger partial charge in [0.05, 0.1) is 0 Å². The van der Waals surface area contributed by atoms with E-state index in [4.69, 9.17) is 0 Å². The average molecular weight is 228 g/mol. The molecule has 96 valence electrons. The zero-order valence-corrected chi connectivity index (χ0v) is 11.0. The molecular formula is C13H28N2O. The maximum atomic E-state index is 9.21. The molecule has 0 saturated carbocycles. The molecule has 3 nitrogen and oxygen atoms in total. The summed E-state index contributed by atoms with van der Waals surface area (Å²) in [4.78, 5) is 4.95. The summed E-state index contributed by atoms with van der Waals surface area (Å²) in [5, 5.41) is 9.21. The molecule has 0 bridgehead atoms. The molecule has 1 rings (SSSR count). The van der Waals surface area contributed by atoms with Crippen molar-refractivity contribution < 1.29 is 5.11 Å². The predicted molar refractivity (Wildman–Crippen MR) is 68.7 cm³/mol. The molecule has 1 aliphatic heterocycles. The van der Waals surface area contributed by atoms with Gasteiger partial charge in [0.1, 0.15) is 0 Å². The number of aliphatic hydroxyl groups excluding tert-OH is 1. The fraction of sp³-hybridized carbons (Fsp3) is 1.00. The second-order valence-corrected chi connectivity index (χ2v) is 5.12. The second kappa shape index (κ2) is 8.04. The van der Waals surface area contributed by atoms with Crippen LogP contribution in [-0.2, 0) is 0 Å². The highest BCUT2D eigenvalue weighted by molar-refractivity contribution is 4.69. The van der Waals surface area contributed by atoms with Gasteiger partial charge in [-0.05, 0) is 38.8 Å². The fourth-order valence-corrected chi connectivity index (χ4v) is 2.41. The zero-order valence-electron chi connectivity index (χ0n) is 11.0. The van der Waals surface area contributed by atoms with Gasteiger partial charge in [0.15, 0.2) is 0 Å². The van der Waals surface area contributed by atoms with E-state index in [1.807, 2.05) is 0 Å². The van der Waals surface area contributed by atoms with Crippen LogP contribution in [0.2, 0.25) is 0 Å². The lowest BCUT2D eigenvalue weighted by molar-refractivity contribution is 0.145. The summed E-state index contributed by atoms with van der Waals surface area (Å²) < 4.78 is 0. The Labute approximate surface area is 100 Å². The van der Waals surface area contributed by atoms with E-state index < -0.39 is 0 Å². The number of nitrogens with zero attached hydrogens (tertiary/aromatic N) is 2. The molecule has 0 spiro atoms. The van der Waals surface area contributed by atoms with Crippen molar-refractivity contribution in [1.29, 1.82) is 0 Å². The molecule has 0 amide bonds. The van der Waals surface area contributed by atoms with Crippen molar-refractivity contribution in [2.45, 2.75) is 32.6 Å². The van der Waals surface area contributed by atoms with E-state index in [-0.39, 0.29) is 0 Å². The highest BCUT2D eigenvalue weighted by Gasteiger charge is 2.13. The van der Waals surface area contributed by atoms with E-state index in [0.29, 0.717) is 12.5 Å². The van der Waals surface area contributed by atoms with Gasteiger partial charge in [-0.15, -0.1) is 0 Å². The van der Waals surface area contributed by atoms with Crippen molar-refractivity contribution in [2.75, 3.05) is 46.4 Å². The Kier molecular flexibility index (Phi) is 7.01. The molecule has 1 saturated heterocycles. The van der Waals surface area contributed by atoms with Gasteiger partial charge in [-0.25, -0.2) is 0 Å². The van der Waals surface area contributed by atoms with E-state index in [9.17, 15) is 5.11 Å². The summed E-state index contributed by atoms with van der Waals surface area (Å²) in [6.07, 6.45) is 4.81. The molecular weight excluding hydrogens is 200 g/mol. The first kappa shape index (κ1) is 13.9. The van der Waals surface area contributed by atoms with Crippen molar-refractivity contribution in [3.05, 3.63) is 0 Å². The van der Waals surface area contributed by atoms with Gasteiger partial charge >= 0.3 is 0 Å². The third-order valence-electron chi connectivity index (χ3n) is 3.64. The number of aliphatic hydroxyl groups is 1. The first-order chi connectivity index (χ1) is 7.76. The standard InChI is InChI=1S/C13H28N2O/c1-3-5-13(12-16)6-4-7-15-10-8-14(2)9-11-15/h13,16H,3-12H2,1-2H3/t13-/m0/s1. The number of hydrogen-bond acceptors (Lipinski definition) is 3. The fourth-order valence-electron chi connectivity index (χ4n) is 2.41. The largest absolute Gasteiger partial charge is 0.396 e. The van der Waals surface area contributed by atoms with Crippen LogP contribution in [0.15, 0.2) is 0 Å². The van der Waals surface area contributed by atoms with Crippen LogP contribution in [0, 0.1) is 5.92 Å². The van der Waals surface area contributed by atoms with Gasteiger partial charge < -0.3 is 14.9 Å². The molecule has 3 heteroatoms. The van der Waals surface area contributed by atoms with Crippen LogP contribution in [0.25, 0.3) is 0 Å². The molecule has 1 heterocycles. The zero-order chi connectivity index (χ0) is 11.8. The Morgan fingerprint density at radius 1 is 1.12 bits per heavy atom. The lowest BCUT2D eigenvalue weighted by atomic mass is 9.99. The summed E-state index contributed by atoms with van der Waals surface area (Å²) >= 11 is 0. The molecule has 0 radical (unpaired) electrons. The molecule has 0 unspecified atom stereocenters. The molecule has 0 aromatic rings. The second-order valence-electron chi connectivity index (χ2n) is 5.12. The van der Waals surface area contributed by atoms with Gasteiger partial charge in [-0.3, -0.25) is 0 Å². The summed E-state index contributed by atoms with van der Waals surface area (Å²) in [5.74, 6) is 0.539. The minimum atomic E-state index is 0.372. The van der Waals surface area contributed by atoms with Crippen molar-refractivity contribution in [2.24, 2.45) is 5.92 Å². The van der Waals surface area contributed by atoms with Gasteiger partial charge in [0, 0.05) is 32.8 Å². The van der Waals surface area contributed by atoms with E-state index in [1.165, 1.54) is 58.4 Å². The Bertz CT molecular complexity index is 167. The normalized spacial score (nSPS) is 21.2. The van der Waals surface area contributed by atoms with Gasteiger partial charge in [-0.1, -0.05) is 13.3 Å². The van der Waals surface area contributed by atoms with E-state index in [2.05, 4.69) is 23.8 Å². The number of likely N-dealkylation sites (N-methyl/N-ethyl adjacent to an activating group) is 1. The maximum Gasteiger partial charge on any atom is 0.0459 e. The summed E-state index contributed by atoms with van der Waals surface area (Å²) in [5.41, 5.74) is 0. The SMILES string of the molecule is CCC[C@H](CO)CCCN1CCN(C)CC1. The molecule has 1 fully saturated rings. The highest BCUT2D eigenvalue weighted by Crippen LogP contribution is 2.13. The van der Waals surface area contributed by atoms with Crippen LogP contribution < -0.4 is 0 Å². The van der Waals surface area contributed by atoms with Crippen molar-refractivity contribution in [3.8, 4) is 0 Å². The quantitative estimate of drug-likeness (QED) is 0.714. The van der Waals surface area contributed by atoms with Gasteiger partial charge in [-0.2, -0.15) is 0 Å². The topological polar surface area (TPSA) is 26.7 Å². The summed E-state index contributed by atoms with van der Waals surface area (Å²) in [6.45, 7) is 8.63. The van der Waals surface area contributed by atoms with Crippen LogP contribution in [0.5, 0.6) is 0 Å². The lowest BCUT2D eigenvalue weighted by Crippen LogP contribution is -2.44. The Morgan fingerprint density at radius 3 is 2.38 bits per heavy atom. The molecule has 0 aliphatic carbocycles. The minimum absolute atomic E-state index is 0.372. The number of rotatable bonds is 7. The van der Waals surface area contributed by atoms with Crippen molar-refractivity contribution >= 4 is 0 Å². The van der Waals surface area contributed by atoms with Crippen LogP contribution in [0.1, 0.15) is 32.6 Å². The number of piperazine rings is 1. The molecule has 1 aliphatic rings. The van der Waals surface area contributed by atoms with Crippen LogP contribution in [-0.4, -0.2) is 61.3 Å². The van der Waals surface area contributed by atoms with Crippen LogP contribution >= 0.6 is 0 Å². The first-order valence-corrected chi connectivity index (χ1v) is 6.78. The average Bonchev–Trinajstić information content (AvgIpc) is 2.30. The van der Waals surface area contributed by atoms with E-state index in [1.54, 1.807) is 0 Å². The molecule has 0 aromatic heterocycles. The van der Waals surface area contributed by atoms with E-state index >= 15 is 0 Å². The van der Waals surface area contributed by atoms with Crippen LogP contribution in [0.3, 0.4) is 0 Å².